The summed E-state index contributed by atoms with van der Waals surface area (Å²) in [5.41, 5.74) is 5.95. The van der Waals surface area contributed by atoms with Gasteiger partial charge in [0.05, 0.1) is 0 Å². The average Bonchev–Trinajstić information content (AvgIpc) is 3.37. The Labute approximate surface area is 238 Å². The van der Waals surface area contributed by atoms with Crippen LogP contribution < -0.4 is 10.9 Å². The van der Waals surface area contributed by atoms with Gasteiger partial charge in [0.25, 0.3) is 11.8 Å². The Morgan fingerprint density at radius 2 is 0.875 bits per heavy atom. The highest BCUT2D eigenvalue weighted by atomic mass is 16.2. The van der Waals surface area contributed by atoms with Crippen molar-refractivity contribution in [2.24, 2.45) is 0 Å². The molecule has 40 heavy (non-hydrogen) atoms. The van der Waals surface area contributed by atoms with E-state index in [1.165, 1.54) is 19.8 Å². The molecule has 4 rings (SSSR count). The van der Waals surface area contributed by atoms with Gasteiger partial charge < -0.3 is 19.6 Å². The van der Waals surface area contributed by atoms with Crippen LogP contribution in [-0.2, 0) is 9.59 Å². The number of hydrogen-bond donors (Lipinski definition) is 2. The predicted molar refractivity (Wildman–Crippen MR) is 150 cm³/mol. The van der Waals surface area contributed by atoms with E-state index in [2.05, 4.69) is 44.5 Å². The summed E-state index contributed by atoms with van der Waals surface area (Å²) in [5, 5.41) is 2.65. The van der Waals surface area contributed by atoms with Crippen molar-refractivity contribution in [1.82, 2.24) is 50.3 Å². The smallest absolute Gasteiger partial charge is 0.304 e. The maximum Gasteiger partial charge on any atom is 0.341 e. The molecule has 4 saturated heterocycles. The second kappa shape index (κ2) is 15.0. The van der Waals surface area contributed by atoms with Crippen LogP contribution in [0.5, 0.6) is 0 Å². The number of carbonyl (C=O) groups is 4. The molecule has 4 aliphatic heterocycles. The first-order valence-corrected chi connectivity index (χ1v) is 14.8. The van der Waals surface area contributed by atoms with E-state index in [0.29, 0.717) is 26.2 Å². The molecule has 14 nitrogen and oxygen atoms in total. The quantitative estimate of drug-likeness (QED) is 0.181. The summed E-state index contributed by atoms with van der Waals surface area (Å²) in [6.45, 7) is 12.1. The molecule has 0 unspecified atom stereocenters. The molecule has 4 heterocycles. The third kappa shape index (κ3) is 8.57. The van der Waals surface area contributed by atoms with Crippen molar-refractivity contribution in [1.29, 1.82) is 0 Å². The summed E-state index contributed by atoms with van der Waals surface area (Å²) in [6.07, 6.45) is 3.48. The minimum Gasteiger partial charge on any atom is -0.304 e. The molecule has 0 atom stereocenters. The van der Waals surface area contributed by atoms with Gasteiger partial charge in [0, 0.05) is 78.5 Å². The molecule has 0 aromatic carbocycles. The van der Waals surface area contributed by atoms with Crippen LogP contribution in [0.3, 0.4) is 0 Å². The van der Waals surface area contributed by atoms with Gasteiger partial charge in [-0.2, -0.15) is 0 Å². The fourth-order valence-electron chi connectivity index (χ4n) is 5.50. The molecule has 14 heteroatoms. The van der Waals surface area contributed by atoms with Gasteiger partial charge in [0.2, 0.25) is 0 Å². The van der Waals surface area contributed by atoms with E-state index in [1.807, 2.05) is 0 Å². The van der Waals surface area contributed by atoms with Gasteiger partial charge in [-0.25, -0.2) is 30.5 Å². The number of imide groups is 2. The van der Waals surface area contributed by atoms with Gasteiger partial charge in [0.15, 0.2) is 0 Å². The van der Waals surface area contributed by atoms with Crippen LogP contribution in [0, 0.1) is 0 Å². The third-order valence-corrected chi connectivity index (χ3v) is 8.25. The number of unbranched alkanes of at least 4 members (excludes halogenated alkanes) is 2. The van der Waals surface area contributed by atoms with E-state index >= 15 is 0 Å². The molecule has 226 valence electrons. The number of hydrogen-bond acceptors (Lipinski definition) is 10. The molecule has 4 fully saturated rings. The van der Waals surface area contributed by atoms with E-state index in [0.717, 1.165) is 91.1 Å². The van der Waals surface area contributed by atoms with Crippen molar-refractivity contribution >= 4 is 23.9 Å². The van der Waals surface area contributed by atoms with Crippen molar-refractivity contribution in [3.63, 3.8) is 0 Å². The Morgan fingerprint density at radius 3 is 1.25 bits per heavy atom. The second-order valence-electron chi connectivity index (χ2n) is 11.3. The summed E-state index contributed by atoms with van der Waals surface area (Å²) in [7, 11) is 4.27. The van der Waals surface area contributed by atoms with E-state index in [-0.39, 0.29) is 37.0 Å². The number of likely N-dealkylation sites (N-methyl/N-ethyl adjacent to an activating group) is 2. The lowest BCUT2D eigenvalue weighted by molar-refractivity contribution is -0.126. The Kier molecular flexibility index (Phi) is 11.5. The SMILES string of the molecule is CN1CCN(CCCCN2C(=O)CN(NCCNN3CC(=O)N(CCCCN4CCN(C)CC4)C3=O)C2=O)CC1. The normalized spacial score (nSPS) is 22.6. The molecular formula is C26H48N10O4. The van der Waals surface area contributed by atoms with E-state index in [4.69, 9.17) is 0 Å². The van der Waals surface area contributed by atoms with Gasteiger partial charge in [-0.1, -0.05) is 0 Å². The zero-order chi connectivity index (χ0) is 28.5. The molecular weight excluding hydrogens is 516 g/mol. The number of carbonyl (C=O) groups excluding carboxylic acids is 4. The first-order chi connectivity index (χ1) is 19.3. The van der Waals surface area contributed by atoms with E-state index < -0.39 is 0 Å². The van der Waals surface area contributed by atoms with Crippen LogP contribution in [0.25, 0.3) is 0 Å². The van der Waals surface area contributed by atoms with Crippen LogP contribution in [0.1, 0.15) is 25.7 Å². The summed E-state index contributed by atoms with van der Waals surface area (Å²) in [5.74, 6) is -0.401. The number of piperazine rings is 2. The Balaban J connectivity index is 1.06. The zero-order valence-electron chi connectivity index (χ0n) is 24.4. The monoisotopic (exact) mass is 564 g/mol. The van der Waals surface area contributed by atoms with Crippen molar-refractivity contribution in [2.75, 3.05) is 119 Å². The maximum absolute atomic E-state index is 12.7. The minimum absolute atomic E-state index is 0.000328. The largest absolute Gasteiger partial charge is 0.341 e. The van der Waals surface area contributed by atoms with E-state index in [9.17, 15) is 19.2 Å². The molecule has 2 N–H and O–H groups in total. The van der Waals surface area contributed by atoms with Gasteiger partial charge in [-0.05, 0) is 52.9 Å². The summed E-state index contributed by atoms with van der Waals surface area (Å²) in [6, 6.07) is -0.667. The topological polar surface area (TPSA) is 118 Å². The summed E-state index contributed by atoms with van der Waals surface area (Å²) >= 11 is 0. The average molecular weight is 565 g/mol. The first-order valence-electron chi connectivity index (χ1n) is 14.8. The van der Waals surface area contributed by atoms with Crippen molar-refractivity contribution < 1.29 is 19.2 Å². The lowest BCUT2D eigenvalue weighted by Crippen LogP contribution is -2.48. The fourth-order valence-corrected chi connectivity index (χ4v) is 5.50. The number of amides is 6. The molecule has 0 bridgehead atoms. The Bertz CT molecular complexity index is 806. The van der Waals surface area contributed by atoms with Gasteiger partial charge in [0.1, 0.15) is 13.1 Å². The molecule has 6 amide bonds. The van der Waals surface area contributed by atoms with Crippen LogP contribution in [0.2, 0.25) is 0 Å². The van der Waals surface area contributed by atoms with Crippen LogP contribution in [-0.4, -0.2) is 182 Å². The zero-order valence-corrected chi connectivity index (χ0v) is 24.4. The summed E-state index contributed by atoms with van der Waals surface area (Å²) < 4.78 is 0. The molecule has 0 spiro atoms. The second-order valence-corrected chi connectivity index (χ2v) is 11.3. The highest BCUT2D eigenvalue weighted by molar-refractivity contribution is 6.02. The van der Waals surface area contributed by atoms with E-state index in [1.54, 1.807) is 0 Å². The maximum atomic E-state index is 12.7. The number of hydrazine groups is 2. The number of rotatable bonds is 15. The van der Waals surface area contributed by atoms with Crippen molar-refractivity contribution in [2.45, 2.75) is 25.7 Å². The third-order valence-electron chi connectivity index (χ3n) is 8.25. The highest BCUT2D eigenvalue weighted by Gasteiger charge is 2.37. The van der Waals surface area contributed by atoms with Gasteiger partial charge >= 0.3 is 12.1 Å². The number of nitrogens with zero attached hydrogens (tertiary/aromatic N) is 8. The van der Waals surface area contributed by atoms with Gasteiger partial charge in [-0.3, -0.25) is 19.4 Å². The molecule has 0 saturated carbocycles. The Morgan fingerprint density at radius 1 is 0.525 bits per heavy atom. The van der Waals surface area contributed by atoms with Crippen molar-refractivity contribution in [3.05, 3.63) is 0 Å². The number of urea groups is 2. The molecule has 0 aliphatic carbocycles. The summed E-state index contributed by atoms with van der Waals surface area (Å²) in [4.78, 5) is 62.3. The molecule has 4 aliphatic rings. The molecule has 0 aromatic heterocycles. The predicted octanol–water partition coefficient (Wildman–Crippen LogP) is -1.42. The van der Waals surface area contributed by atoms with Crippen LogP contribution >= 0.6 is 0 Å². The standard InChI is InChI=1S/C26H48N10O4/c1-29-13-17-31(18-14-29)9-3-5-11-33-23(37)21-35(25(33)39)27-7-8-28-36-22-24(38)34(26(36)40)12-6-4-10-32-19-15-30(2)16-20-32/h27-28H,3-22H2,1-2H3. The molecule has 0 aromatic rings. The molecule has 0 radical (unpaired) electrons. The fraction of sp³-hybridized carbons (Fsp3) is 0.846. The van der Waals surface area contributed by atoms with Crippen LogP contribution in [0.4, 0.5) is 9.59 Å². The van der Waals surface area contributed by atoms with Crippen molar-refractivity contribution in [3.8, 4) is 0 Å². The lowest BCUT2D eigenvalue weighted by atomic mass is 10.2. The minimum atomic E-state index is -0.334. The lowest BCUT2D eigenvalue weighted by Gasteiger charge is -2.32. The highest BCUT2D eigenvalue weighted by Crippen LogP contribution is 2.12. The van der Waals surface area contributed by atoms with Crippen LogP contribution in [0.15, 0.2) is 0 Å². The Hall–Kier alpha value is -2.36. The first kappa shape index (κ1) is 30.6. The number of nitrogens with one attached hydrogen (secondary N) is 2. The van der Waals surface area contributed by atoms with Gasteiger partial charge in [-0.15, -0.1) is 0 Å².